The predicted octanol–water partition coefficient (Wildman–Crippen LogP) is 4.46. The minimum Gasteiger partial charge on any atom is -0.479 e. The van der Waals surface area contributed by atoms with Gasteiger partial charge in [0, 0.05) is 10.6 Å². The van der Waals surface area contributed by atoms with Gasteiger partial charge in [0.1, 0.15) is 0 Å². The van der Waals surface area contributed by atoms with Gasteiger partial charge in [0.15, 0.2) is 12.4 Å². The number of carbonyl (C=O) groups is 2. The van der Waals surface area contributed by atoms with Gasteiger partial charge in [-0.05, 0) is 64.8 Å². The number of carbonyl (C=O) groups excluding carboxylic acids is 2. The maximum Gasteiger partial charge on any atom is 0.344 e. The van der Waals surface area contributed by atoms with Crippen molar-refractivity contribution in [1.29, 1.82) is 0 Å². The van der Waals surface area contributed by atoms with E-state index in [2.05, 4.69) is 26.5 Å². The summed E-state index contributed by atoms with van der Waals surface area (Å²) in [5, 5.41) is 4.72. The summed E-state index contributed by atoms with van der Waals surface area (Å²) < 4.78 is 10.7. The molecule has 0 aliphatic carbocycles. The Kier molecular flexibility index (Phi) is 8.09. The van der Waals surface area contributed by atoms with Crippen molar-refractivity contribution in [3.05, 3.63) is 62.0 Å². The Bertz CT molecular complexity index is 834. The molecule has 0 aliphatic rings. The van der Waals surface area contributed by atoms with Crippen molar-refractivity contribution in [3.63, 3.8) is 0 Å². The number of hydrogen-bond acceptors (Lipinski definition) is 5. The Morgan fingerprint density at radius 3 is 2.56 bits per heavy atom. The molecule has 27 heavy (non-hydrogen) atoms. The number of hydrazone groups is 1. The summed E-state index contributed by atoms with van der Waals surface area (Å²) in [6.45, 7) is 1.73. The standard InChI is InChI=1S/C18H15BrCl2N2O4/c1-2-26-16(24)10-27-17-14(19)7-11(8-15(17)21)9-22-23-18(25)12-3-5-13(20)6-4-12/h3-9H,2,10H2,1H3,(H,23,25)/b22-9-. The highest BCUT2D eigenvalue weighted by molar-refractivity contribution is 9.10. The molecule has 2 rings (SSSR count). The number of hydrogen-bond donors (Lipinski definition) is 1. The Hall–Kier alpha value is -2.09. The zero-order chi connectivity index (χ0) is 19.8. The molecule has 6 nitrogen and oxygen atoms in total. The van der Waals surface area contributed by atoms with Gasteiger partial charge in [0.05, 0.1) is 22.3 Å². The lowest BCUT2D eigenvalue weighted by molar-refractivity contribution is -0.145. The van der Waals surface area contributed by atoms with Crippen LogP contribution < -0.4 is 10.2 Å². The van der Waals surface area contributed by atoms with Gasteiger partial charge in [-0.2, -0.15) is 5.10 Å². The molecule has 2 aromatic carbocycles. The molecule has 9 heteroatoms. The van der Waals surface area contributed by atoms with Crippen molar-refractivity contribution in [1.82, 2.24) is 5.43 Å². The molecule has 0 spiro atoms. The van der Waals surface area contributed by atoms with E-state index >= 15 is 0 Å². The number of rotatable bonds is 7. The van der Waals surface area contributed by atoms with Crippen LogP contribution in [0.4, 0.5) is 0 Å². The molecule has 0 unspecified atom stereocenters. The van der Waals surface area contributed by atoms with E-state index in [1.165, 1.54) is 6.21 Å². The number of amides is 1. The van der Waals surface area contributed by atoms with Gasteiger partial charge in [-0.1, -0.05) is 23.2 Å². The van der Waals surface area contributed by atoms with Gasteiger partial charge in [0.25, 0.3) is 5.91 Å². The summed E-state index contributed by atoms with van der Waals surface area (Å²) in [5.41, 5.74) is 3.46. The molecule has 0 saturated heterocycles. The van der Waals surface area contributed by atoms with E-state index in [9.17, 15) is 9.59 Å². The summed E-state index contributed by atoms with van der Waals surface area (Å²) in [5.74, 6) is -0.550. The maximum absolute atomic E-state index is 12.0. The third kappa shape index (κ3) is 6.53. The maximum atomic E-state index is 12.0. The third-order valence-corrected chi connectivity index (χ3v) is 4.27. The average molecular weight is 474 g/mol. The Labute approximate surface area is 174 Å². The minimum absolute atomic E-state index is 0.253. The van der Waals surface area contributed by atoms with E-state index in [0.29, 0.717) is 26.4 Å². The fraction of sp³-hybridized carbons (Fsp3) is 0.167. The summed E-state index contributed by atoms with van der Waals surface area (Å²) in [6.07, 6.45) is 1.43. The van der Waals surface area contributed by atoms with Crippen LogP contribution in [0.15, 0.2) is 46.0 Å². The largest absolute Gasteiger partial charge is 0.479 e. The lowest BCUT2D eigenvalue weighted by Crippen LogP contribution is -2.17. The first-order valence-electron chi connectivity index (χ1n) is 7.77. The topological polar surface area (TPSA) is 77.0 Å². The molecular formula is C18H15BrCl2N2O4. The number of esters is 1. The van der Waals surface area contributed by atoms with E-state index in [-0.39, 0.29) is 24.1 Å². The molecule has 0 aromatic heterocycles. The van der Waals surface area contributed by atoms with E-state index < -0.39 is 5.97 Å². The van der Waals surface area contributed by atoms with Crippen LogP contribution in [0, 0.1) is 0 Å². The van der Waals surface area contributed by atoms with Crippen LogP contribution >= 0.6 is 39.1 Å². The van der Waals surface area contributed by atoms with Gasteiger partial charge < -0.3 is 9.47 Å². The lowest BCUT2D eigenvalue weighted by Gasteiger charge is -2.10. The monoisotopic (exact) mass is 472 g/mol. The average Bonchev–Trinajstić information content (AvgIpc) is 2.61. The van der Waals surface area contributed by atoms with Crippen LogP contribution in [0.2, 0.25) is 10.0 Å². The second kappa shape index (κ2) is 10.3. The Morgan fingerprint density at radius 2 is 1.93 bits per heavy atom. The Balaban J connectivity index is 2.00. The highest BCUT2D eigenvalue weighted by Gasteiger charge is 2.12. The molecule has 0 saturated carbocycles. The zero-order valence-corrected chi connectivity index (χ0v) is 17.3. The molecule has 0 atom stereocenters. The van der Waals surface area contributed by atoms with Gasteiger partial charge in [-0.25, -0.2) is 10.2 Å². The van der Waals surface area contributed by atoms with Gasteiger partial charge in [-0.3, -0.25) is 4.79 Å². The first-order chi connectivity index (χ1) is 12.9. The molecule has 0 bridgehead atoms. The molecule has 0 fully saturated rings. The van der Waals surface area contributed by atoms with Crippen molar-refractivity contribution in [3.8, 4) is 5.75 Å². The van der Waals surface area contributed by atoms with E-state index in [1.807, 2.05) is 0 Å². The van der Waals surface area contributed by atoms with Crippen molar-refractivity contribution in [2.24, 2.45) is 5.10 Å². The minimum atomic E-state index is -0.490. The van der Waals surface area contributed by atoms with Gasteiger partial charge >= 0.3 is 5.97 Å². The van der Waals surface area contributed by atoms with E-state index in [1.54, 1.807) is 43.3 Å². The smallest absolute Gasteiger partial charge is 0.344 e. The molecule has 142 valence electrons. The second-order valence-electron chi connectivity index (χ2n) is 5.11. The first-order valence-corrected chi connectivity index (χ1v) is 9.32. The molecule has 2 aromatic rings. The van der Waals surface area contributed by atoms with Crippen LogP contribution in [0.1, 0.15) is 22.8 Å². The SMILES string of the molecule is CCOC(=O)COc1c(Cl)cc(/C=N\NC(=O)c2ccc(Cl)cc2)cc1Br. The Morgan fingerprint density at radius 1 is 1.22 bits per heavy atom. The molecule has 0 radical (unpaired) electrons. The fourth-order valence-corrected chi connectivity index (χ4v) is 3.07. The second-order valence-corrected chi connectivity index (χ2v) is 6.81. The lowest BCUT2D eigenvalue weighted by atomic mass is 10.2. The summed E-state index contributed by atoms with van der Waals surface area (Å²) in [4.78, 5) is 23.3. The van der Waals surface area contributed by atoms with Crippen molar-refractivity contribution in [2.75, 3.05) is 13.2 Å². The molecular weight excluding hydrogens is 459 g/mol. The van der Waals surface area contributed by atoms with Gasteiger partial charge in [-0.15, -0.1) is 0 Å². The predicted molar refractivity (Wildman–Crippen MR) is 108 cm³/mol. The van der Waals surface area contributed by atoms with Crippen molar-refractivity contribution in [2.45, 2.75) is 6.92 Å². The van der Waals surface area contributed by atoms with E-state index in [4.69, 9.17) is 32.7 Å². The molecule has 1 N–H and O–H groups in total. The van der Waals surface area contributed by atoms with Gasteiger partial charge in [0.2, 0.25) is 0 Å². The van der Waals surface area contributed by atoms with E-state index in [0.717, 1.165) is 0 Å². The van der Waals surface area contributed by atoms with Crippen LogP contribution in [-0.2, 0) is 9.53 Å². The fourth-order valence-electron chi connectivity index (χ4n) is 1.96. The molecule has 0 heterocycles. The zero-order valence-electron chi connectivity index (χ0n) is 14.2. The van der Waals surface area contributed by atoms with Crippen molar-refractivity contribution >= 4 is 57.2 Å². The quantitative estimate of drug-likeness (QED) is 0.366. The number of ether oxygens (including phenoxy) is 2. The normalized spacial score (nSPS) is 10.7. The van der Waals surface area contributed by atoms with Crippen LogP contribution in [0.25, 0.3) is 0 Å². The third-order valence-electron chi connectivity index (χ3n) is 3.15. The van der Waals surface area contributed by atoms with Crippen LogP contribution in [0.3, 0.4) is 0 Å². The number of nitrogens with zero attached hydrogens (tertiary/aromatic N) is 1. The highest BCUT2D eigenvalue weighted by Crippen LogP contribution is 2.34. The molecule has 1 amide bonds. The van der Waals surface area contributed by atoms with Crippen LogP contribution in [0.5, 0.6) is 5.75 Å². The van der Waals surface area contributed by atoms with Crippen LogP contribution in [-0.4, -0.2) is 31.3 Å². The highest BCUT2D eigenvalue weighted by atomic mass is 79.9. The number of halogens is 3. The van der Waals surface area contributed by atoms with Crippen molar-refractivity contribution < 1.29 is 19.1 Å². The summed E-state index contributed by atoms with van der Waals surface area (Å²) in [6, 6.07) is 9.69. The summed E-state index contributed by atoms with van der Waals surface area (Å²) in [7, 11) is 0. The number of nitrogens with one attached hydrogen (secondary N) is 1. The number of benzene rings is 2. The first kappa shape index (κ1) is 21.2. The summed E-state index contributed by atoms with van der Waals surface area (Å²) >= 11 is 15.3. The molecule has 0 aliphatic heterocycles.